The lowest BCUT2D eigenvalue weighted by Gasteiger charge is -2.20. The van der Waals surface area contributed by atoms with Crippen molar-refractivity contribution < 1.29 is 27.4 Å². The van der Waals surface area contributed by atoms with Gasteiger partial charge in [-0.05, 0) is 52.9 Å². The van der Waals surface area contributed by atoms with E-state index >= 15 is 0 Å². The summed E-state index contributed by atoms with van der Waals surface area (Å²) in [6.07, 6.45) is -4.48. The standard InChI is InChI=1S/C16H11F3INO3/c17-16(18,19)9-4-5-11(20)12(8-9)21-15(22)10-2-1-3-13-14(10)24-7-6-23-13/h1-5,8H,6-7H2,(H,21,22). The lowest BCUT2D eigenvalue weighted by molar-refractivity contribution is -0.137. The number of carbonyl (C=O) groups is 1. The van der Waals surface area contributed by atoms with E-state index in [-0.39, 0.29) is 11.3 Å². The van der Waals surface area contributed by atoms with E-state index < -0.39 is 17.6 Å². The number of hydrogen-bond acceptors (Lipinski definition) is 3. The molecule has 1 aliphatic rings. The Morgan fingerprint density at radius 3 is 2.62 bits per heavy atom. The molecule has 4 nitrogen and oxygen atoms in total. The smallest absolute Gasteiger partial charge is 0.416 e. The summed E-state index contributed by atoms with van der Waals surface area (Å²) in [7, 11) is 0. The second-order valence-corrected chi connectivity index (χ2v) is 6.14. The summed E-state index contributed by atoms with van der Waals surface area (Å²) in [6, 6.07) is 8.01. The van der Waals surface area contributed by atoms with E-state index in [4.69, 9.17) is 9.47 Å². The number of amides is 1. The first-order valence-corrected chi connectivity index (χ1v) is 8.01. The van der Waals surface area contributed by atoms with E-state index in [0.717, 1.165) is 12.1 Å². The number of anilines is 1. The van der Waals surface area contributed by atoms with Gasteiger partial charge in [-0.25, -0.2) is 0 Å². The van der Waals surface area contributed by atoms with Crippen molar-refractivity contribution in [2.45, 2.75) is 6.18 Å². The van der Waals surface area contributed by atoms with Crippen LogP contribution in [0.25, 0.3) is 0 Å². The molecule has 1 amide bonds. The van der Waals surface area contributed by atoms with Crippen LogP contribution in [0.4, 0.5) is 18.9 Å². The summed E-state index contributed by atoms with van der Waals surface area (Å²) in [4.78, 5) is 12.5. The molecule has 3 rings (SSSR count). The van der Waals surface area contributed by atoms with Gasteiger partial charge in [0.1, 0.15) is 13.2 Å². The van der Waals surface area contributed by atoms with Crippen LogP contribution in [-0.2, 0) is 6.18 Å². The van der Waals surface area contributed by atoms with E-state index in [1.165, 1.54) is 12.1 Å². The SMILES string of the molecule is O=C(Nc1cc(C(F)(F)F)ccc1I)c1cccc2c1OCCO2. The third kappa shape index (κ3) is 3.42. The van der Waals surface area contributed by atoms with Gasteiger partial charge in [-0.2, -0.15) is 13.2 Å². The van der Waals surface area contributed by atoms with E-state index in [0.29, 0.717) is 28.3 Å². The van der Waals surface area contributed by atoms with Crippen LogP contribution in [-0.4, -0.2) is 19.1 Å². The van der Waals surface area contributed by atoms with Crippen LogP contribution in [0.2, 0.25) is 0 Å². The quantitative estimate of drug-likeness (QED) is 0.695. The minimum absolute atomic E-state index is 0.0877. The molecule has 2 aromatic rings. The summed E-state index contributed by atoms with van der Waals surface area (Å²) < 4.78 is 49.8. The molecule has 0 spiro atoms. The highest BCUT2D eigenvalue weighted by molar-refractivity contribution is 14.1. The fourth-order valence-electron chi connectivity index (χ4n) is 2.24. The van der Waals surface area contributed by atoms with Crippen LogP contribution in [0.15, 0.2) is 36.4 Å². The Labute approximate surface area is 149 Å². The van der Waals surface area contributed by atoms with Gasteiger partial charge < -0.3 is 14.8 Å². The molecule has 1 N–H and O–H groups in total. The zero-order chi connectivity index (χ0) is 17.3. The molecule has 0 radical (unpaired) electrons. The molecule has 0 bridgehead atoms. The Morgan fingerprint density at radius 1 is 1.12 bits per heavy atom. The fraction of sp³-hybridized carbons (Fsp3) is 0.188. The molecule has 24 heavy (non-hydrogen) atoms. The second-order valence-electron chi connectivity index (χ2n) is 4.98. The Balaban J connectivity index is 1.91. The number of benzene rings is 2. The van der Waals surface area contributed by atoms with Crippen molar-refractivity contribution in [2.75, 3.05) is 18.5 Å². The zero-order valence-electron chi connectivity index (χ0n) is 12.1. The molecule has 0 aliphatic carbocycles. The first kappa shape index (κ1) is 16.9. The average Bonchev–Trinajstić information content (AvgIpc) is 2.55. The van der Waals surface area contributed by atoms with Crippen molar-refractivity contribution >= 4 is 34.2 Å². The average molecular weight is 449 g/mol. The molecule has 0 atom stereocenters. The van der Waals surface area contributed by atoms with Gasteiger partial charge in [0.15, 0.2) is 11.5 Å². The van der Waals surface area contributed by atoms with Gasteiger partial charge in [-0.3, -0.25) is 4.79 Å². The van der Waals surface area contributed by atoms with Crippen molar-refractivity contribution in [3.05, 3.63) is 51.1 Å². The maximum Gasteiger partial charge on any atom is 0.416 e. The molecule has 1 heterocycles. The van der Waals surface area contributed by atoms with Gasteiger partial charge in [0.05, 0.1) is 16.8 Å². The first-order valence-electron chi connectivity index (χ1n) is 6.93. The number of hydrogen-bond donors (Lipinski definition) is 1. The van der Waals surface area contributed by atoms with E-state index in [1.807, 2.05) is 22.6 Å². The van der Waals surface area contributed by atoms with Crippen LogP contribution in [0.1, 0.15) is 15.9 Å². The molecule has 8 heteroatoms. The van der Waals surface area contributed by atoms with Crippen LogP contribution in [0.5, 0.6) is 11.5 Å². The summed E-state index contributed by atoms with van der Waals surface area (Å²) in [5.74, 6) is 0.172. The minimum Gasteiger partial charge on any atom is -0.486 e. The third-order valence-electron chi connectivity index (χ3n) is 3.35. The van der Waals surface area contributed by atoms with Gasteiger partial charge in [0.2, 0.25) is 0 Å². The predicted octanol–water partition coefficient (Wildman–Crippen LogP) is 4.33. The molecular weight excluding hydrogens is 438 g/mol. The Morgan fingerprint density at radius 2 is 1.88 bits per heavy atom. The van der Waals surface area contributed by atoms with Gasteiger partial charge in [-0.15, -0.1) is 0 Å². The lowest BCUT2D eigenvalue weighted by Crippen LogP contribution is -2.20. The minimum atomic E-state index is -4.48. The molecule has 126 valence electrons. The normalized spacial score (nSPS) is 13.5. The number of fused-ring (bicyclic) bond motifs is 1. The van der Waals surface area contributed by atoms with Crippen LogP contribution in [0, 0.1) is 3.57 Å². The summed E-state index contributed by atoms with van der Waals surface area (Å²) in [6.45, 7) is 0.683. The van der Waals surface area contributed by atoms with Crippen LogP contribution < -0.4 is 14.8 Å². The number of carbonyl (C=O) groups excluding carboxylic acids is 1. The monoisotopic (exact) mass is 449 g/mol. The van der Waals surface area contributed by atoms with Gasteiger partial charge in [-0.1, -0.05) is 6.07 Å². The van der Waals surface area contributed by atoms with Gasteiger partial charge in [0.25, 0.3) is 5.91 Å². The van der Waals surface area contributed by atoms with Crippen molar-refractivity contribution in [3.63, 3.8) is 0 Å². The third-order valence-corrected chi connectivity index (χ3v) is 4.29. The molecule has 0 aromatic heterocycles. The Kier molecular flexibility index (Phi) is 4.57. The van der Waals surface area contributed by atoms with Crippen molar-refractivity contribution in [1.82, 2.24) is 0 Å². The summed E-state index contributed by atoms with van der Waals surface area (Å²) in [5, 5.41) is 2.51. The summed E-state index contributed by atoms with van der Waals surface area (Å²) >= 11 is 1.86. The number of para-hydroxylation sites is 1. The highest BCUT2D eigenvalue weighted by atomic mass is 127. The number of rotatable bonds is 2. The van der Waals surface area contributed by atoms with Gasteiger partial charge in [0, 0.05) is 3.57 Å². The predicted molar refractivity (Wildman–Crippen MR) is 89.5 cm³/mol. The van der Waals surface area contributed by atoms with Gasteiger partial charge >= 0.3 is 6.18 Å². The van der Waals surface area contributed by atoms with Crippen molar-refractivity contribution in [1.29, 1.82) is 0 Å². The summed E-state index contributed by atoms with van der Waals surface area (Å²) in [5.41, 5.74) is -0.530. The first-order chi connectivity index (χ1) is 11.4. The van der Waals surface area contributed by atoms with E-state index in [9.17, 15) is 18.0 Å². The lowest BCUT2D eigenvalue weighted by atomic mass is 10.1. The topological polar surface area (TPSA) is 47.6 Å². The highest BCUT2D eigenvalue weighted by Crippen LogP contribution is 2.35. The Hall–Kier alpha value is -1.97. The molecule has 0 saturated heterocycles. The van der Waals surface area contributed by atoms with E-state index in [1.54, 1.807) is 12.1 Å². The maximum absolute atomic E-state index is 12.8. The van der Waals surface area contributed by atoms with Crippen LogP contribution in [0.3, 0.4) is 0 Å². The molecule has 0 saturated carbocycles. The number of alkyl halides is 3. The number of ether oxygens (including phenoxy) is 2. The number of nitrogens with one attached hydrogen (secondary N) is 1. The molecule has 2 aromatic carbocycles. The second kappa shape index (κ2) is 6.50. The maximum atomic E-state index is 12.8. The zero-order valence-corrected chi connectivity index (χ0v) is 14.3. The largest absolute Gasteiger partial charge is 0.486 e. The van der Waals surface area contributed by atoms with Crippen molar-refractivity contribution in [2.24, 2.45) is 0 Å². The fourth-order valence-corrected chi connectivity index (χ4v) is 2.71. The highest BCUT2D eigenvalue weighted by Gasteiger charge is 2.31. The van der Waals surface area contributed by atoms with E-state index in [2.05, 4.69) is 5.32 Å². The molecule has 0 unspecified atom stereocenters. The Bertz CT molecular complexity index is 793. The van der Waals surface area contributed by atoms with Crippen LogP contribution >= 0.6 is 22.6 Å². The molecular formula is C16H11F3INO3. The molecule has 0 fully saturated rings. The number of halogens is 4. The van der Waals surface area contributed by atoms with Crippen molar-refractivity contribution in [3.8, 4) is 11.5 Å². The molecule has 1 aliphatic heterocycles.